The van der Waals surface area contributed by atoms with Crippen LogP contribution in [0.15, 0.2) is 47.3 Å². The molecule has 2 amide bonds. The van der Waals surface area contributed by atoms with Crippen molar-refractivity contribution in [1.29, 1.82) is 0 Å². The van der Waals surface area contributed by atoms with Crippen LogP contribution in [-0.4, -0.2) is 67.5 Å². The molecule has 0 radical (unpaired) electrons. The Labute approximate surface area is 279 Å². The lowest BCUT2D eigenvalue weighted by Gasteiger charge is -2.29. The molecule has 1 fully saturated rings. The zero-order valence-electron chi connectivity index (χ0n) is 27.6. The molecule has 3 N–H and O–H groups in total. The minimum Gasteiger partial charge on any atom is -0.494 e. The topological polar surface area (TPSA) is 162 Å². The number of sulfonamides is 1. The van der Waals surface area contributed by atoms with Crippen molar-refractivity contribution in [1.82, 2.24) is 5.32 Å². The molecule has 1 aliphatic carbocycles. The summed E-state index contributed by atoms with van der Waals surface area (Å²) in [4.78, 5) is 38.8. The molecule has 0 spiro atoms. The van der Waals surface area contributed by atoms with Gasteiger partial charge in [0, 0.05) is 30.8 Å². The molecule has 1 heterocycles. The first-order valence-electron chi connectivity index (χ1n) is 15.5. The van der Waals surface area contributed by atoms with Crippen LogP contribution in [0.3, 0.4) is 0 Å². The number of ether oxygens (including phenoxy) is 4. The number of methoxy groups -OCH3 is 4. The van der Waals surface area contributed by atoms with Crippen molar-refractivity contribution in [3.63, 3.8) is 0 Å². The van der Waals surface area contributed by atoms with Crippen LogP contribution in [0, 0.1) is 0 Å². The van der Waals surface area contributed by atoms with Crippen LogP contribution in [0.25, 0.3) is 11.1 Å². The van der Waals surface area contributed by atoms with E-state index in [1.807, 2.05) is 6.07 Å². The van der Waals surface area contributed by atoms with Crippen molar-refractivity contribution >= 4 is 38.9 Å². The fraction of sp³-hybridized carbons (Fsp3) is 0.382. The maximum atomic E-state index is 13.6. The van der Waals surface area contributed by atoms with Gasteiger partial charge >= 0.3 is 0 Å². The molecule has 3 aromatic carbocycles. The lowest BCUT2D eigenvalue weighted by Crippen LogP contribution is -2.38. The molecule has 1 saturated heterocycles. The van der Waals surface area contributed by atoms with Gasteiger partial charge in [-0.15, -0.1) is 0 Å². The number of fused-ring (bicyclic) bond motifs is 3. The van der Waals surface area contributed by atoms with E-state index in [1.165, 1.54) is 38.6 Å². The van der Waals surface area contributed by atoms with Crippen LogP contribution in [0.2, 0.25) is 0 Å². The molecule has 3 aromatic rings. The fourth-order valence-electron chi connectivity index (χ4n) is 6.26. The van der Waals surface area contributed by atoms with Crippen molar-refractivity contribution in [2.45, 2.75) is 38.6 Å². The standard InChI is InChI=1S/C34H40N4O9S/c1-20(39)36-25-11-8-21-16-30(45-3)33(46-4)34(47-5)32(21)23-10-12-26(28(40)18-24(23)25)35-19-31(41)37-22-9-13-27(29(17-22)44-2)38-14-6-7-15-48(38,42)43/h9-10,12-13,16-18,25H,6-8,11,14-15,19H2,1-5H3,(H,35,40)(H,36,39)(H,37,41)/t25-/m1/s1. The number of nitrogens with one attached hydrogen (secondary N) is 3. The monoisotopic (exact) mass is 680 g/mol. The number of anilines is 3. The molecule has 14 heteroatoms. The molecule has 1 atom stereocenters. The van der Waals surface area contributed by atoms with Crippen molar-refractivity contribution in [3.8, 4) is 34.1 Å². The van der Waals surface area contributed by atoms with Gasteiger partial charge in [0.25, 0.3) is 0 Å². The first-order chi connectivity index (χ1) is 23.0. The van der Waals surface area contributed by atoms with Gasteiger partial charge in [-0.25, -0.2) is 8.42 Å². The third-order valence-electron chi connectivity index (χ3n) is 8.44. The van der Waals surface area contributed by atoms with E-state index in [0.717, 1.165) is 12.0 Å². The Morgan fingerprint density at radius 3 is 2.33 bits per heavy atom. The predicted molar refractivity (Wildman–Crippen MR) is 183 cm³/mol. The molecule has 0 bridgehead atoms. The van der Waals surface area contributed by atoms with E-state index in [4.69, 9.17) is 18.9 Å². The Balaban J connectivity index is 1.43. The first kappa shape index (κ1) is 34.4. The molecular weight excluding hydrogens is 640 g/mol. The maximum absolute atomic E-state index is 13.6. The number of hydrogen-bond donors (Lipinski definition) is 3. The fourth-order valence-corrected chi connectivity index (χ4v) is 7.90. The number of carbonyl (C=O) groups is 2. The van der Waals surface area contributed by atoms with Crippen LogP contribution in [0.4, 0.5) is 17.1 Å². The normalized spacial score (nSPS) is 16.4. The molecule has 0 saturated carbocycles. The molecular formula is C34H40N4O9S. The number of benzene rings is 2. The van der Waals surface area contributed by atoms with E-state index in [0.29, 0.717) is 76.9 Å². The summed E-state index contributed by atoms with van der Waals surface area (Å²) < 4.78 is 49.1. The van der Waals surface area contributed by atoms with Gasteiger partial charge in [-0.2, -0.15) is 0 Å². The molecule has 1 aliphatic heterocycles. The molecule has 0 aromatic heterocycles. The number of hydrogen-bond acceptors (Lipinski definition) is 10. The van der Waals surface area contributed by atoms with Crippen LogP contribution < -0.4 is 44.6 Å². The Bertz CT molecular complexity index is 1900. The summed E-state index contributed by atoms with van der Waals surface area (Å²) >= 11 is 0. The molecule has 0 unspecified atom stereocenters. The molecule has 2 aliphatic rings. The highest BCUT2D eigenvalue weighted by Crippen LogP contribution is 2.50. The molecule has 48 heavy (non-hydrogen) atoms. The van der Waals surface area contributed by atoms with Gasteiger partial charge in [0.2, 0.25) is 33.0 Å². The minimum absolute atomic E-state index is 0.0686. The Hall–Kier alpha value is -4.98. The smallest absolute Gasteiger partial charge is 0.243 e. The van der Waals surface area contributed by atoms with E-state index in [1.54, 1.807) is 37.4 Å². The summed E-state index contributed by atoms with van der Waals surface area (Å²) in [7, 11) is 2.57. The first-order valence-corrected chi connectivity index (χ1v) is 17.1. The summed E-state index contributed by atoms with van der Waals surface area (Å²) in [5.74, 6) is 1.02. The van der Waals surface area contributed by atoms with E-state index in [2.05, 4.69) is 16.0 Å². The summed E-state index contributed by atoms with van der Waals surface area (Å²) in [6.45, 7) is 1.54. The largest absolute Gasteiger partial charge is 0.494 e. The van der Waals surface area contributed by atoms with Crippen LogP contribution in [-0.2, 0) is 26.0 Å². The summed E-state index contributed by atoms with van der Waals surface area (Å²) in [5.41, 5.74) is 3.47. The lowest BCUT2D eigenvalue weighted by atomic mass is 9.95. The molecule has 13 nitrogen and oxygen atoms in total. The average molecular weight is 681 g/mol. The second-order valence-electron chi connectivity index (χ2n) is 11.5. The number of carbonyl (C=O) groups excluding carboxylic acids is 2. The van der Waals surface area contributed by atoms with E-state index >= 15 is 0 Å². The van der Waals surface area contributed by atoms with Gasteiger partial charge in [-0.1, -0.05) is 6.07 Å². The second-order valence-corrected chi connectivity index (χ2v) is 13.5. The van der Waals surface area contributed by atoms with Gasteiger partial charge < -0.3 is 34.9 Å². The SMILES string of the molecule is COc1cc(NC(=O)CNc2ccc3c(cc2=O)[C@H](NC(C)=O)CCc2cc(OC)c(OC)c(OC)c2-3)ccc1N1CCCCS1(=O)=O. The number of rotatable bonds is 10. The summed E-state index contributed by atoms with van der Waals surface area (Å²) in [6.07, 6.45) is 2.43. The van der Waals surface area contributed by atoms with Gasteiger partial charge in [0.05, 0.1) is 58.2 Å². The van der Waals surface area contributed by atoms with Crippen molar-refractivity contribution < 1.29 is 37.0 Å². The lowest BCUT2D eigenvalue weighted by molar-refractivity contribution is -0.119. The zero-order chi connectivity index (χ0) is 34.6. The quantitative estimate of drug-likeness (QED) is 0.287. The second kappa shape index (κ2) is 14.4. The summed E-state index contributed by atoms with van der Waals surface area (Å²) in [5, 5.41) is 8.68. The molecule has 256 valence electrons. The summed E-state index contributed by atoms with van der Waals surface area (Å²) in [6, 6.07) is 11.0. The number of amides is 2. The number of nitrogens with zero attached hydrogens (tertiary/aromatic N) is 1. The Kier molecular flexibility index (Phi) is 10.3. The van der Waals surface area contributed by atoms with Gasteiger partial charge in [-0.05, 0) is 72.7 Å². The van der Waals surface area contributed by atoms with E-state index < -0.39 is 22.0 Å². The average Bonchev–Trinajstić information content (AvgIpc) is 3.30. The Morgan fingerprint density at radius 1 is 0.917 bits per heavy atom. The van der Waals surface area contributed by atoms with Crippen LogP contribution in [0.1, 0.15) is 43.4 Å². The minimum atomic E-state index is -3.45. The van der Waals surface area contributed by atoms with Crippen molar-refractivity contribution in [2.75, 3.05) is 62.2 Å². The zero-order valence-corrected chi connectivity index (χ0v) is 28.4. The highest BCUT2D eigenvalue weighted by molar-refractivity contribution is 7.92. The van der Waals surface area contributed by atoms with Crippen molar-refractivity contribution in [3.05, 3.63) is 63.8 Å². The molecule has 5 rings (SSSR count). The highest BCUT2D eigenvalue weighted by atomic mass is 32.2. The van der Waals surface area contributed by atoms with Gasteiger partial charge in [0.1, 0.15) is 5.75 Å². The van der Waals surface area contributed by atoms with E-state index in [-0.39, 0.29) is 29.3 Å². The van der Waals surface area contributed by atoms with Gasteiger partial charge in [-0.3, -0.25) is 18.7 Å². The van der Waals surface area contributed by atoms with Crippen LogP contribution >= 0.6 is 0 Å². The highest BCUT2D eigenvalue weighted by Gasteiger charge is 2.30. The van der Waals surface area contributed by atoms with Crippen LogP contribution in [0.5, 0.6) is 23.0 Å². The number of aryl methyl sites for hydroxylation is 1. The maximum Gasteiger partial charge on any atom is 0.243 e. The Morgan fingerprint density at radius 2 is 1.67 bits per heavy atom. The predicted octanol–water partition coefficient (Wildman–Crippen LogP) is 3.85. The van der Waals surface area contributed by atoms with E-state index in [9.17, 15) is 22.8 Å². The third-order valence-corrected chi connectivity index (χ3v) is 10.3. The van der Waals surface area contributed by atoms with Gasteiger partial charge in [0.15, 0.2) is 11.5 Å². The van der Waals surface area contributed by atoms with Crippen molar-refractivity contribution in [2.24, 2.45) is 0 Å². The third kappa shape index (κ3) is 6.98.